The van der Waals surface area contributed by atoms with E-state index in [9.17, 15) is 9.18 Å². The summed E-state index contributed by atoms with van der Waals surface area (Å²) in [6, 6.07) is 14.2. The van der Waals surface area contributed by atoms with E-state index in [1.165, 1.54) is 17.7 Å². The van der Waals surface area contributed by atoms with Gasteiger partial charge in [-0.2, -0.15) is 0 Å². The lowest BCUT2D eigenvalue weighted by atomic mass is 9.91. The monoisotopic (exact) mass is 406 g/mol. The molecule has 0 saturated carbocycles. The van der Waals surface area contributed by atoms with E-state index >= 15 is 0 Å². The number of carbonyl (C=O) groups is 1. The number of amides is 2. The summed E-state index contributed by atoms with van der Waals surface area (Å²) in [6.45, 7) is 5.07. The standard InChI is InChI=1S/C23H23FN4O2/c1-15-10-17(13-20(24)11-15)12-19-8-9-28(14-16(19)2)23(29)25-22-27-26-21(30-22)18-6-4-3-5-7-18/h3-7,10-13,16H,8-9,14H2,1-2H3,(H,25,27,29). The number of anilines is 1. The third kappa shape index (κ3) is 4.56. The van der Waals surface area contributed by atoms with E-state index in [4.69, 9.17) is 4.42 Å². The van der Waals surface area contributed by atoms with Gasteiger partial charge in [0, 0.05) is 18.7 Å². The SMILES string of the molecule is Cc1cc(F)cc(C=C2CCN(C(=O)Nc3nnc(-c4ccccc4)o3)CC2C)c1. The predicted octanol–water partition coefficient (Wildman–Crippen LogP) is 5.14. The Hall–Kier alpha value is -3.48. The van der Waals surface area contributed by atoms with Crippen molar-refractivity contribution in [2.75, 3.05) is 18.4 Å². The van der Waals surface area contributed by atoms with Gasteiger partial charge in [0.1, 0.15) is 5.82 Å². The zero-order valence-electron chi connectivity index (χ0n) is 16.9. The van der Waals surface area contributed by atoms with E-state index in [0.717, 1.165) is 23.1 Å². The van der Waals surface area contributed by atoms with Crippen LogP contribution in [0.4, 0.5) is 15.2 Å². The molecule has 30 heavy (non-hydrogen) atoms. The number of hydrogen-bond acceptors (Lipinski definition) is 4. The van der Waals surface area contributed by atoms with Crippen LogP contribution in [-0.4, -0.2) is 34.2 Å². The Morgan fingerprint density at radius 1 is 1.23 bits per heavy atom. The second-order valence-electron chi connectivity index (χ2n) is 7.59. The number of benzene rings is 2. The van der Waals surface area contributed by atoms with Gasteiger partial charge in [-0.15, -0.1) is 5.10 Å². The van der Waals surface area contributed by atoms with Crippen LogP contribution in [0, 0.1) is 18.7 Å². The van der Waals surface area contributed by atoms with Gasteiger partial charge in [-0.3, -0.25) is 5.32 Å². The van der Waals surface area contributed by atoms with Crippen molar-refractivity contribution in [3.63, 3.8) is 0 Å². The minimum Gasteiger partial charge on any atom is -0.403 e. The van der Waals surface area contributed by atoms with Gasteiger partial charge in [-0.1, -0.05) is 47.9 Å². The molecule has 0 radical (unpaired) electrons. The van der Waals surface area contributed by atoms with Crippen molar-refractivity contribution in [1.29, 1.82) is 0 Å². The van der Waals surface area contributed by atoms with E-state index in [2.05, 4.69) is 22.4 Å². The van der Waals surface area contributed by atoms with Crippen LogP contribution in [0.1, 0.15) is 24.5 Å². The molecule has 6 nitrogen and oxygen atoms in total. The highest BCUT2D eigenvalue weighted by atomic mass is 19.1. The normalized spacial score (nSPS) is 17.9. The third-order valence-electron chi connectivity index (χ3n) is 5.16. The van der Waals surface area contributed by atoms with Crippen LogP contribution in [0.2, 0.25) is 0 Å². The maximum absolute atomic E-state index is 13.7. The number of urea groups is 1. The van der Waals surface area contributed by atoms with Crippen LogP contribution in [0.5, 0.6) is 0 Å². The highest BCUT2D eigenvalue weighted by Gasteiger charge is 2.25. The fourth-order valence-electron chi connectivity index (χ4n) is 3.65. The van der Waals surface area contributed by atoms with Gasteiger partial charge in [0.05, 0.1) is 0 Å². The number of nitrogens with zero attached hydrogens (tertiary/aromatic N) is 3. The molecule has 1 aromatic heterocycles. The van der Waals surface area contributed by atoms with Gasteiger partial charge in [-0.05, 0) is 54.7 Å². The van der Waals surface area contributed by atoms with Gasteiger partial charge < -0.3 is 9.32 Å². The number of carbonyl (C=O) groups excluding carboxylic acids is 1. The Balaban J connectivity index is 1.39. The highest BCUT2D eigenvalue weighted by molar-refractivity contribution is 5.87. The van der Waals surface area contributed by atoms with Crippen molar-refractivity contribution in [1.82, 2.24) is 15.1 Å². The first kappa shape index (κ1) is 19.8. The highest BCUT2D eigenvalue weighted by Crippen LogP contribution is 2.26. The Kier molecular flexibility index (Phi) is 5.61. The molecule has 2 heterocycles. The van der Waals surface area contributed by atoms with E-state index in [1.54, 1.807) is 4.90 Å². The summed E-state index contributed by atoms with van der Waals surface area (Å²) in [5.74, 6) is 0.282. The maximum atomic E-state index is 13.7. The first-order chi connectivity index (χ1) is 14.5. The lowest BCUT2D eigenvalue weighted by Gasteiger charge is -2.32. The molecule has 4 rings (SSSR count). The summed E-state index contributed by atoms with van der Waals surface area (Å²) >= 11 is 0. The molecule has 1 unspecified atom stereocenters. The van der Waals surface area contributed by atoms with Crippen LogP contribution in [0.3, 0.4) is 0 Å². The quantitative estimate of drug-likeness (QED) is 0.654. The van der Waals surface area contributed by atoms with Crippen molar-refractivity contribution in [2.45, 2.75) is 20.3 Å². The topological polar surface area (TPSA) is 71.3 Å². The minimum absolute atomic E-state index is 0.0723. The second-order valence-corrected chi connectivity index (χ2v) is 7.59. The van der Waals surface area contributed by atoms with Crippen molar-refractivity contribution < 1.29 is 13.6 Å². The molecular formula is C23H23FN4O2. The van der Waals surface area contributed by atoms with Gasteiger partial charge in [-0.25, -0.2) is 9.18 Å². The lowest BCUT2D eigenvalue weighted by molar-refractivity contribution is 0.197. The number of aromatic nitrogens is 2. The molecule has 1 atom stereocenters. The molecule has 0 bridgehead atoms. The molecule has 2 amide bonds. The second kappa shape index (κ2) is 8.49. The Labute approximate surface area is 174 Å². The minimum atomic E-state index is -0.272. The molecule has 154 valence electrons. The lowest BCUT2D eigenvalue weighted by Crippen LogP contribution is -2.42. The molecule has 1 N–H and O–H groups in total. The summed E-state index contributed by atoms with van der Waals surface area (Å²) in [6.07, 6.45) is 2.75. The van der Waals surface area contributed by atoms with Crippen molar-refractivity contribution in [3.05, 3.63) is 71.0 Å². The molecular weight excluding hydrogens is 383 g/mol. The van der Waals surface area contributed by atoms with Gasteiger partial charge >= 0.3 is 12.0 Å². The molecule has 1 fully saturated rings. The molecule has 0 aliphatic carbocycles. The van der Waals surface area contributed by atoms with Crippen LogP contribution in [-0.2, 0) is 0 Å². The Morgan fingerprint density at radius 2 is 2.03 bits per heavy atom. The number of rotatable bonds is 3. The van der Waals surface area contributed by atoms with Crippen LogP contribution >= 0.6 is 0 Å². The van der Waals surface area contributed by atoms with E-state index < -0.39 is 0 Å². The third-order valence-corrected chi connectivity index (χ3v) is 5.16. The van der Waals surface area contributed by atoms with E-state index in [1.807, 2.05) is 49.4 Å². The van der Waals surface area contributed by atoms with Gasteiger partial charge in [0.15, 0.2) is 0 Å². The number of aryl methyl sites for hydroxylation is 1. The molecule has 2 aromatic carbocycles. The number of halogens is 1. The summed E-state index contributed by atoms with van der Waals surface area (Å²) in [4.78, 5) is 14.4. The molecule has 3 aromatic rings. The van der Waals surface area contributed by atoms with Crippen LogP contribution in [0.15, 0.2) is 58.5 Å². The number of piperidine rings is 1. The van der Waals surface area contributed by atoms with Crippen LogP contribution < -0.4 is 5.32 Å². The average molecular weight is 406 g/mol. The molecule has 7 heteroatoms. The molecule has 1 aliphatic heterocycles. The van der Waals surface area contributed by atoms with Crippen molar-refractivity contribution >= 4 is 18.1 Å². The Bertz CT molecular complexity index is 1060. The zero-order chi connectivity index (χ0) is 21.1. The predicted molar refractivity (Wildman–Crippen MR) is 113 cm³/mol. The van der Waals surface area contributed by atoms with E-state index in [0.29, 0.717) is 19.0 Å². The molecule has 1 saturated heterocycles. The summed E-state index contributed by atoms with van der Waals surface area (Å²) in [7, 11) is 0. The van der Waals surface area contributed by atoms with Crippen molar-refractivity contribution in [3.8, 4) is 11.5 Å². The number of likely N-dealkylation sites (tertiary alicyclic amines) is 1. The first-order valence-corrected chi connectivity index (χ1v) is 9.90. The summed E-state index contributed by atoms with van der Waals surface area (Å²) < 4.78 is 19.2. The summed E-state index contributed by atoms with van der Waals surface area (Å²) in [5, 5.41) is 10.6. The summed E-state index contributed by atoms with van der Waals surface area (Å²) in [5.41, 5.74) is 3.74. The molecule has 1 aliphatic rings. The largest absolute Gasteiger partial charge is 0.403 e. The van der Waals surface area contributed by atoms with Gasteiger partial charge in [0.2, 0.25) is 5.89 Å². The fraction of sp³-hybridized carbons (Fsp3) is 0.261. The number of nitrogens with one attached hydrogen (secondary N) is 1. The zero-order valence-corrected chi connectivity index (χ0v) is 16.9. The number of hydrogen-bond donors (Lipinski definition) is 1. The average Bonchev–Trinajstić information content (AvgIpc) is 3.18. The van der Waals surface area contributed by atoms with Crippen LogP contribution in [0.25, 0.3) is 17.5 Å². The first-order valence-electron chi connectivity index (χ1n) is 9.90. The Morgan fingerprint density at radius 3 is 2.77 bits per heavy atom. The fourth-order valence-corrected chi connectivity index (χ4v) is 3.65. The maximum Gasteiger partial charge on any atom is 0.325 e. The molecule has 0 spiro atoms. The smallest absolute Gasteiger partial charge is 0.325 e. The van der Waals surface area contributed by atoms with Gasteiger partial charge in [0.25, 0.3) is 0 Å². The van der Waals surface area contributed by atoms with E-state index in [-0.39, 0.29) is 23.8 Å². The van der Waals surface area contributed by atoms with Crippen molar-refractivity contribution in [2.24, 2.45) is 5.92 Å².